The molecule has 19 heavy (non-hydrogen) atoms. The normalized spacial score (nSPS) is 8.63. The highest BCUT2D eigenvalue weighted by atomic mass is 79.9. The Balaban J connectivity index is 3.31. The molecule has 94 valence electrons. The van der Waals surface area contributed by atoms with Gasteiger partial charge < -0.3 is 10.2 Å². The first-order valence-electron chi connectivity index (χ1n) is 5.22. The average molecular weight is 316 g/mol. The van der Waals surface area contributed by atoms with Gasteiger partial charge in [-0.2, -0.15) is 15.8 Å². The summed E-state index contributed by atoms with van der Waals surface area (Å²) in [6, 6.07) is 10.7. The van der Waals surface area contributed by atoms with E-state index in [1.165, 1.54) is 0 Å². The minimum atomic E-state index is -0.243. The third-order valence-corrected chi connectivity index (χ3v) is 2.78. The molecule has 1 N–H and O–H groups in total. The van der Waals surface area contributed by atoms with Crippen LogP contribution in [0.5, 0.6) is 0 Å². The molecule has 0 aliphatic rings. The number of nitrogens with one attached hydrogen (secondary N) is 1. The molecule has 0 amide bonds. The molecule has 5 nitrogen and oxygen atoms in total. The van der Waals surface area contributed by atoms with Crippen LogP contribution in [0.4, 0.5) is 11.4 Å². The Morgan fingerprint density at radius 1 is 1.16 bits per heavy atom. The van der Waals surface area contributed by atoms with Crippen LogP contribution in [-0.4, -0.2) is 14.1 Å². The van der Waals surface area contributed by atoms with Crippen molar-refractivity contribution < 1.29 is 0 Å². The second-order valence-corrected chi connectivity index (χ2v) is 4.68. The standard InChI is InChI=1S/C13H10BrN5/c1-19(2)13-4-3-10(14)5-11(13)18-12(8-17)9(6-15)7-16/h3-5,18H,1-2H3. The topological polar surface area (TPSA) is 86.6 Å². The Hall–Kier alpha value is -2.49. The van der Waals surface area contributed by atoms with Gasteiger partial charge in [0.15, 0.2) is 5.57 Å². The molecule has 0 unspecified atom stereocenters. The molecule has 1 aromatic carbocycles. The van der Waals surface area contributed by atoms with Gasteiger partial charge in [-0.05, 0) is 18.2 Å². The Kier molecular flexibility index (Phi) is 4.94. The third-order valence-electron chi connectivity index (χ3n) is 2.29. The summed E-state index contributed by atoms with van der Waals surface area (Å²) in [5, 5.41) is 29.4. The van der Waals surface area contributed by atoms with Gasteiger partial charge in [0.2, 0.25) is 0 Å². The molecule has 0 aliphatic carbocycles. The Morgan fingerprint density at radius 3 is 2.26 bits per heavy atom. The van der Waals surface area contributed by atoms with Crippen LogP contribution in [-0.2, 0) is 0 Å². The molecule has 0 spiro atoms. The van der Waals surface area contributed by atoms with Gasteiger partial charge in [0.25, 0.3) is 0 Å². The Morgan fingerprint density at radius 2 is 1.79 bits per heavy atom. The monoisotopic (exact) mass is 315 g/mol. The van der Waals surface area contributed by atoms with Crippen molar-refractivity contribution in [3.63, 3.8) is 0 Å². The zero-order valence-corrected chi connectivity index (χ0v) is 12.0. The molecular weight excluding hydrogens is 306 g/mol. The van der Waals surface area contributed by atoms with Gasteiger partial charge in [0, 0.05) is 18.6 Å². The van der Waals surface area contributed by atoms with Crippen molar-refractivity contribution in [3.8, 4) is 18.2 Å². The van der Waals surface area contributed by atoms with Crippen molar-refractivity contribution >= 4 is 27.3 Å². The van der Waals surface area contributed by atoms with Gasteiger partial charge in [0.1, 0.15) is 23.9 Å². The van der Waals surface area contributed by atoms with Crippen molar-refractivity contribution in [2.45, 2.75) is 0 Å². The number of hydrogen-bond donors (Lipinski definition) is 1. The summed E-state index contributed by atoms with van der Waals surface area (Å²) >= 11 is 3.34. The van der Waals surface area contributed by atoms with Crippen LogP contribution in [0, 0.1) is 34.0 Å². The predicted octanol–water partition coefficient (Wildman–Crippen LogP) is 2.75. The number of nitrogens with zero attached hydrogens (tertiary/aromatic N) is 4. The average Bonchev–Trinajstić information content (AvgIpc) is 2.38. The molecule has 1 rings (SSSR count). The fourth-order valence-corrected chi connectivity index (χ4v) is 1.78. The number of anilines is 2. The molecule has 6 heteroatoms. The number of benzene rings is 1. The van der Waals surface area contributed by atoms with Gasteiger partial charge in [-0.15, -0.1) is 0 Å². The summed E-state index contributed by atoms with van der Waals surface area (Å²) in [7, 11) is 3.72. The molecular formula is C13H10BrN5. The second kappa shape index (κ2) is 6.44. The van der Waals surface area contributed by atoms with E-state index in [9.17, 15) is 0 Å². The lowest BCUT2D eigenvalue weighted by Crippen LogP contribution is -2.12. The summed E-state index contributed by atoms with van der Waals surface area (Å²) in [6.45, 7) is 0. The SMILES string of the molecule is CN(C)c1ccc(Br)cc1NC(C#N)=C(C#N)C#N. The fourth-order valence-electron chi connectivity index (χ4n) is 1.42. The molecule has 0 saturated carbocycles. The zero-order valence-electron chi connectivity index (χ0n) is 10.4. The number of nitriles is 3. The predicted molar refractivity (Wildman–Crippen MR) is 76.0 cm³/mol. The molecule has 0 heterocycles. The lowest BCUT2D eigenvalue weighted by Gasteiger charge is -2.18. The minimum Gasteiger partial charge on any atom is -0.376 e. The molecule has 0 atom stereocenters. The highest BCUT2D eigenvalue weighted by molar-refractivity contribution is 9.10. The van der Waals surface area contributed by atoms with Crippen LogP contribution < -0.4 is 10.2 Å². The fraction of sp³-hybridized carbons (Fsp3) is 0.154. The maximum atomic E-state index is 9.02. The van der Waals surface area contributed by atoms with Gasteiger partial charge >= 0.3 is 0 Å². The van der Waals surface area contributed by atoms with E-state index in [1.54, 1.807) is 18.2 Å². The number of hydrogen-bond acceptors (Lipinski definition) is 5. The van der Waals surface area contributed by atoms with E-state index in [0.717, 1.165) is 10.2 Å². The molecule has 0 fully saturated rings. The lowest BCUT2D eigenvalue weighted by molar-refractivity contribution is 1.13. The maximum absolute atomic E-state index is 9.02. The van der Waals surface area contributed by atoms with Gasteiger partial charge in [0.05, 0.1) is 11.4 Å². The van der Waals surface area contributed by atoms with Crippen LogP contribution in [0.1, 0.15) is 0 Å². The van der Waals surface area contributed by atoms with E-state index in [1.807, 2.05) is 37.2 Å². The quantitative estimate of drug-likeness (QED) is 0.866. The first-order valence-corrected chi connectivity index (χ1v) is 6.01. The number of rotatable bonds is 3. The van der Waals surface area contributed by atoms with Crippen LogP contribution in [0.3, 0.4) is 0 Å². The van der Waals surface area contributed by atoms with Gasteiger partial charge in [-0.3, -0.25) is 0 Å². The Bertz CT molecular complexity index is 624. The molecule has 0 aliphatic heterocycles. The van der Waals surface area contributed by atoms with Crippen LogP contribution in [0.25, 0.3) is 0 Å². The first kappa shape index (κ1) is 14.6. The molecule has 0 saturated heterocycles. The number of allylic oxidation sites excluding steroid dienone is 2. The summed E-state index contributed by atoms with van der Waals surface area (Å²) in [5.74, 6) is 0. The van der Waals surface area contributed by atoms with E-state index in [2.05, 4.69) is 21.2 Å². The zero-order chi connectivity index (χ0) is 14.4. The highest BCUT2D eigenvalue weighted by Crippen LogP contribution is 2.29. The van der Waals surface area contributed by atoms with Gasteiger partial charge in [-0.25, -0.2) is 0 Å². The first-order chi connectivity index (χ1) is 9.03. The van der Waals surface area contributed by atoms with Crippen LogP contribution in [0.2, 0.25) is 0 Å². The third kappa shape index (κ3) is 3.48. The largest absolute Gasteiger partial charge is 0.376 e. The molecule has 0 aromatic heterocycles. The van der Waals surface area contributed by atoms with E-state index >= 15 is 0 Å². The smallest absolute Gasteiger partial charge is 0.163 e. The van der Waals surface area contributed by atoms with Crippen molar-refractivity contribution in [1.29, 1.82) is 15.8 Å². The van der Waals surface area contributed by atoms with Gasteiger partial charge in [-0.1, -0.05) is 15.9 Å². The summed E-state index contributed by atoms with van der Waals surface area (Å²) in [5.41, 5.74) is 1.17. The maximum Gasteiger partial charge on any atom is 0.163 e. The summed E-state index contributed by atoms with van der Waals surface area (Å²) in [6.07, 6.45) is 0. The van der Waals surface area contributed by atoms with E-state index in [4.69, 9.17) is 15.8 Å². The number of halogens is 1. The van der Waals surface area contributed by atoms with Crippen molar-refractivity contribution in [2.75, 3.05) is 24.3 Å². The van der Waals surface area contributed by atoms with Crippen LogP contribution in [0.15, 0.2) is 33.9 Å². The minimum absolute atomic E-state index is 0.0637. The van der Waals surface area contributed by atoms with Crippen LogP contribution >= 0.6 is 15.9 Å². The van der Waals surface area contributed by atoms with Crippen molar-refractivity contribution in [1.82, 2.24) is 0 Å². The Labute approximate surface area is 120 Å². The molecule has 0 radical (unpaired) electrons. The molecule has 1 aromatic rings. The van der Waals surface area contributed by atoms with E-state index < -0.39 is 0 Å². The van der Waals surface area contributed by atoms with E-state index in [0.29, 0.717) is 5.69 Å². The summed E-state index contributed by atoms with van der Waals surface area (Å²) < 4.78 is 0.827. The summed E-state index contributed by atoms with van der Waals surface area (Å²) in [4.78, 5) is 1.86. The lowest BCUT2D eigenvalue weighted by atomic mass is 10.2. The molecule has 0 bridgehead atoms. The van der Waals surface area contributed by atoms with Crippen molar-refractivity contribution in [2.24, 2.45) is 0 Å². The van der Waals surface area contributed by atoms with Crippen molar-refractivity contribution in [3.05, 3.63) is 33.9 Å². The van der Waals surface area contributed by atoms with E-state index in [-0.39, 0.29) is 11.3 Å². The second-order valence-electron chi connectivity index (χ2n) is 3.77. The highest BCUT2D eigenvalue weighted by Gasteiger charge is 2.10.